The van der Waals surface area contributed by atoms with Gasteiger partial charge in [-0.05, 0) is 49.1 Å². The number of anilines is 1. The molecule has 9 nitrogen and oxygen atoms in total. The number of H-pyrrole nitrogens is 1. The number of rotatable bonds is 7. The third kappa shape index (κ3) is 5.74. The summed E-state index contributed by atoms with van der Waals surface area (Å²) in [6.07, 6.45) is 6.23. The van der Waals surface area contributed by atoms with Crippen LogP contribution in [0.5, 0.6) is 0 Å². The molecule has 41 heavy (non-hydrogen) atoms. The van der Waals surface area contributed by atoms with Crippen molar-refractivity contribution in [3.05, 3.63) is 102 Å². The van der Waals surface area contributed by atoms with Crippen LogP contribution in [0.15, 0.2) is 95.6 Å². The van der Waals surface area contributed by atoms with E-state index in [1.54, 1.807) is 6.20 Å². The minimum Gasteiger partial charge on any atom is -0.445 e. The molecule has 0 saturated carbocycles. The molecule has 0 fully saturated rings. The van der Waals surface area contributed by atoms with Crippen molar-refractivity contribution in [2.45, 2.75) is 32.4 Å². The second-order valence-electron chi connectivity index (χ2n) is 10.0. The zero-order valence-corrected chi connectivity index (χ0v) is 22.5. The summed E-state index contributed by atoms with van der Waals surface area (Å²) in [4.78, 5) is 30.4. The molecule has 2 heterocycles. The Balaban J connectivity index is 1.11. The minimum atomic E-state index is -0.541. The SMILES string of the molecule is Cc1cccc2oc(-c3c[nH]nc3-c3ccc(NC(=O)C4CC=CCC4NC(=O)OCc4ccccc4)cc3)nc12. The summed E-state index contributed by atoms with van der Waals surface area (Å²) in [6, 6.07) is 22.4. The fraction of sp³-hybridized carbons (Fsp3) is 0.188. The maximum absolute atomic E-state index is 13.2. The van der Waals surface area contributed by atoms with Crippen molar-refractivity contribution in [2.24, 2.45) is 5.92 Å². The Morgan fingerprint density at radius 2 is 1.80 bits per heavy atom. The van der Waals surface area contributed by atoms with E-state index in [0.717, 1.165) is 33.4 Å². The summed E-state index contributed by atoms with van der Waals surface area (Å²) < 4.78 is 11.4. The van der Waals surface area contributed by atoms with Gasteiger partial charge in [0.25, 0.3) is 0 Å². The minimum absolute atomic E-state index is 0.169. The third-order valence-electron chi connectivity index (χ3n) is 7.20. The molecule has 0 bridgehead atoms. The quantitative estimate of drug-likeness (QED) is 0.203. The standard InChI is InChI=1S/C32H29N5O4/c1-20-8-7-13-27-28(20)36-31(41-27)25-18-33-37-29(25)22-14-16-23(17-15-22)34-30(38)24-11-5-6-12-26(24)35-32(39)40-19-21-9-3-2-4-10-21/h2-10,13-18,24,26H,11-12,19H2,1H3,(H,33,37)(H,34,38)(H,35,39). The van der Waals surface area contributed by atoms with E-state index in [0.29, 0.717) is 30.1 Å². The number of hydrogen-bond acceptors (Lipinski definition) is 6. The summed E-state index contributed by atoms with van der Waals surface area (Å²) in [5.74, 6) is -0.108. The van der Waals surface area contributed by atoms with Gasteiger partial charge in [0.1, 0.15) is 17.8 Å². The molecule has 6 rings (SSSR count). The van der Waals surface area contributed by atoms with Crippen LogP contribution < -0.4 is 10.6 Å². The lowest BCUT2D eigenvalue weighted by Gasteiger charge is -2.28. The van der Waals surface area contributed by atoms with Gasteiger partial charge in [-0.25, -0.2) is 9.78 Å². The molecule has 206 valence electrons. The van der Waals surface area contributed by atoms with Gasteiger partial charge in [-0.1, -0.05) is 66.7 Å². The van der Waals surface area contributed by atoms with Crippen LogP contribution in [0.3, 0.4) is 0 Å². The lowest BCUT2D eigenvalue weighted by Crippen LogP contribution is -2.45. The fourth-order valence-corrected chi connectivity index (χ4v) is 5.00. The Hall–Kier alpha value is -5.18. The lowest BCUT2D eigenvalue weighted by atomic mass is 9.88. The molecule has 9 heteroatoms. The number of aryl methyl sites for hydroxylation is 1. The van der Waals surface area contributed by atoms with Crippen LogP contribution in [-0.2, 0) is 16.1 Å². The van der Waals surface area contributed by atoms with Crippen LogP contribution in [0.1, 0.15) is 24.0 Å². The van der Waals surface area contributed by atoms with Gasteiger partial charge in [0.15, 0.2) is 5.58 Å². The Labute approximate surface area is 236 Å². The second-order valence-corrected chi connectivity index (χ2v) is 10.0. The molecule has 0 spiro atoms. The lowest BCUT2D eigenvalue weighted by molar-refractivity contribution is -0.120. The fourth-order valence-electron chi connectivity index (χ4n) is 5.00. The van der Waals surface area contributed by atoms with E-state index >= 15 is 0 Å². The number of alkyl carbamates (subject to hydrolysis) is 1. The number of allylic oxidation sites excluding steroid dienone is 1. The van der Waals surface area contributed by atoms with Crippen LogP contribution in [0, 0.1) is 12.8 Å². The molecule has 2 amide bonds. The van der Waals surface area contributed by atoms with Crippen molar-refractivity contribution in [3.63, 3.8) is 0 Å². The number of aromatic amines is 1. The molecular weight excluding hydrogens is 518 g/mol. The van der Waals surface area contributed by atoms with Gasteiger partial charge >= 0.3 is 6.09 Å². The van der Waals surface area contributed by atoms with Gasteiger partial charge < -0.3 is 19.8 Å². The molecule has 1 aliphatic carbocycles. The first-order chi connectivity index (χ1) is 20.0. The smallest absolute Gasteiger partial charge is 0.407 e. The highest BCUT2D eigenvalue weighted by molar-refractivity contribution is 5.94. The monoisotopic (exact) mass is 547 g/mol. The number of benzene rings is 3. The molecule has 3 aromatic carbocycles. The van der Waals surface area contributed by atoms with Crippen molar-refractivity contribution < 1.29 is 18.7 Å². The van der Waals surface area contributed by atoms with Crippen LogP contribution in [0.2, 0.25) is 0 Å². The largest absolute Gasteiger partial charge is 0.445 e. The van der Waals surface area contributed by atoms with Crippen LogP contribution in [0.25, 0.3) is 33.8 Å². The van der Waals surface area contributed by atoms with Gasteiger partial charge in [-0.2, -0.15) is 5.10 Å². The summed E-state index contributed by atoms with van der Waals surface area (Å²) >= 11 is 0. The van der Waals surface area contributed by atoms with Crippen LogP contribution in [-0.4, -0.2) is 33.2 Å². The van der Waals surface area contributed by atoms with Gasteiger partial charge in [0.05, 0.1) is 11.5 Å². The summed E-state index contributed by atoms with van der Waals surface area (Å²) in [6.45, 7) is 2.17. The number of hydrogen-bond donors (Lipinski definition) is 3. The van der Waals surface area contributed by atoms with Crippen molar-refractivity contribution in [2.75, 3.05) is 5.32 Å². The number of nitrogens with zero attached hydrogens (tertiary/aromatic N) is 2. The van der Waals surface area contributed by atoms with Crippen molar-refractivity contribution in [3.8, 4) is 22.7 Å². The molecule has 1 aliphatic rings. The number of para-hydroxylation sites is 1. The van der Waals surface area contributed by atoms with E-state index in [4.69, 9.17) is 9.15 Å². The number of aromatic nitrogens is 3. The average molecular weight is 548 g/mol. The predicted molar refractivity (Wildman–Crippen MR) is 156 cm³/mol. The first kappa shape index (κ1) is 26.1. The van der Waals surface area contributed by atoms with E-state index in [1.807, 2.05) is 91.9 Å². The number of oxazole rings is 1. The number of fused-ring (bicyclic) bond motifs is 1. The van der Waals surface area contributed by atoms with Crippen molar-refractivity contribution >= 4 is 28.8 Å². The Bertz CT molecular complexity index is 1710. The number of carbonyl (C=O) groups is 2. The van der Waals surface area contributed by atoms with Gasteiger partial charge in [0, 0.05) is 23.5 Å². The number of nitrogens with one attached hydrogen (secondary N) is 3. The van der Waals surface area contributed by atoms with Gasteiger partial charge in [-0.3, -0.25) is 9.89 Å². The van der Waals surface area contributed by atoms with Crippen LogP contribution in [0.4, 0.5) is 10.5 Å². The van der Waals surface area contributed by atoms with E-state index in [2.05, 4.69) is 25.8 Å². The van der Waals surface area contributed by atoms with Crippen LogP contribution >= 0.6 is 0 Å². The summed E-state index contributed by atoms with van der Waals surface area (Å²) in [7, 11) is 0. The summed E-state index contributed by atoms with van der Waals surface area (Å²) in [5.41, 5.74) is 6.42. The van der Waals surface area contributed by atoms with Gasteiger partial charge in [0.2, 0.25) is 11.8 Å². The van der Waals surface area contributed by atoms with Gasteiger partial charge in [-0.15, -0.1) is 0 Å². The normalized spacial score (nSPS) is 16.4. The molecule has 5 aromatic rings. The highest BCUT2D eigenvalue weighted by atomic mass is 16.5. The van der Waals surface area contributed by atoms with E-state index < -0.39 is 12.0 Å². The number of ether oxygens (including phenoxy) is 1. The third-order valence-corrected chi connectivity index (χ3v) is 7.20. The topological polar surface area (TPSA) is 122 Å². The molecule has 2 unspecified atom stereocenters. The molecular formula is C32H29N5O4. The Morgan fingerprint density at radius 1 is 1.00 bits per heavy atom. The predicted octanol–water partition coefficient (Wildman–Crippen LogP) is 6.39. The molecule has 0 saturated heterocycles. The van der Waals surface area contributed by atoms with E-state index in [1.165, 1.54) is 0 Å². The van der Waals surface area contributed by atoms with E-state index in [9.17, 15) is 9.59 Å². The first-order valence-corrected chi connectivity index (χ1v) is 13.5. The zero-order chi connectivity index (χ0) is 28.2. The maximum atomic E-state index is 13.2. The average Bonchev–Trinajstić information content (AvgIpc) is 3.66. The molecule has 2 aromatic heterocycles. The second kappa shape index (κ2) is 11.5. The zero-order valence-electron chi connectivity index (χ0n) is 22.5. The molecule has 0 aliphatic heterocycles. The number of carbonyl (C=O) groups excluding carboxylic acids is 2. The Morgan fingerprint density at radius 3 is 2.61 bits per heavy atom. The number of amides is 2. The summed E-state index contributed by atoms with van der Waals surface area (Å²) in [5, 5.41) is 13.2. The maximum Gasteiger partial charge on any atom is 0.407 e. The molecule has 2 atom stereocenters. The van der Waals surface area contributed by atoms with Crippen molar-refractivity contribution in [1.82, 2.24) is 20.5 Å². The molecule has 0 radical (unpaired) electrons. The van der Waals surface area contributed by atoms with E-state index in [-0.39, 0.29) is 18.6 Å². The first-order valence-electron chi connectivity index (χ1n) is 13.5. The Kier molecular flexibility index (Phi) is 7.32. The highest BCUT2D eigenvalue weighted by Gasteiger charge is 2.30. The highest BCUT2D eigenvalue weighted by Crippen LogP contribution is 2.33. The van der Waals surface area contributed by atoms with Crippen molar-refractivity contribution in [1.29, 1.82) is 0 Å². The molecule has 3 N–H and O–H groups in total.